The van der Waals surface area contributed by atoms with Crippen molar-refractivity contribution in [1.29, 1.82) is 0 Å². The van der Waals surface area contributed by atoms with Gasteiger partial charge in [-0.2, -0.15) is 0 Å². The van der Waals surface area contributed by atoms with Crippen molar-refractivity contribution < 1.29 is 9.59 Å². The van der Waals surface area contributed by atoms with Gasteiger partial charge in [0.25, 0.3) is 0 Å². The van der Waals surface area contributed by atoms with E-state index in [0.29, 0.717) is 16.1 Å². The highest BCUT2D eigenvalue weighted by atomic mass is 32.1. The number of ketones is 2. The van der Waals surface area contributed by atoms with Crippen molar-refractivity contribution in [2.75, 3.05) is 0 Å². The van der Waals surface area contributed by atoms with Crippen LogP contribution in [0.5, 0.6) is 0 Å². The summed E-state index contributed by atoms with van der Waals surface area (Å²) in [4.78, 5) is 30.7. The third-order valence-corrected chi connectivity index (χ3v) is 6.74. The standard InChI is InChI=1S/C26H16N2O2S/c1-28-21(15-7-3-2-4-8-15)14-22-26(28)27-23(31-22)13-20-24(29)18-11-16-9-5-6-10-17(16)12-19(18)25(20)30/h2-14H,1H3. The lowest BCUT2D eigenvalue weighted by atomic mass is 10.0. The Kier molecular flexibility index (Phi) is 3.82. The van der Waals surface area contributed by atoms with Gasteiger partial charge in [0.1, 0.15) is 5.01 Å². The van der Waals surface area contributed by atoms with Gasteiger partial charge in [0.15, 0.2) is 17.2 Å². The summed E-state index contributed by atoms with van der Waals surface area (Å²) in [6.45, 7) is 0. The zero-order valence-electron chi connectivity index (χ0n) is 16.6. The average Bonchev–Trinajstić information content (AvgIpc) is 3.41. The molecule has 0 aliphatic heterocycles. The molecule has 0 spiro atoms. The van der Waals surface area contributed by atoms with Crippen molar-refractivity contribution >= 4 is 50.1 Å². The lowest BCUT2D eigenvalue weighted by Crippen LogP contribution is -2.00. The van der Waals surface area contributed by atoms with E-state index in [2.05, 4.69) is 18.2 Å². The van der Waals surface area contributed by atoms with Gasteiger partial charge in [-0.25, -0.2) is 4.98 Å². The van der Waals surface area contributed by atoms with E-state index in [1.54, 1.807) is 6.08 Å². The van der Waals surface area contributed by atoms with Gasteiger partial charge in [-0.05, 0) is 40.6 Å². The zero-order chi connectivity index (χ0) is 21.1. The molecule has 0 saturated carbocycles. The molecule has 0 atom stereocenters. The van der Waals surface area contributed by atoms with E-state index in [-0.39, 0.29) is 17.1 Å². The van der Waals surface area contributed by atoms with Crippen LogP contribution in [0.1, 0.15) is 25.7 Å². The fraction of sp³-hybridized carbons (Fsp3) is 0.0385. The van der Waals surface area contributed by atoms with Crippen molar-refractivity contribution in [3.8, 4) is 11.3 Å². The van der Waals surface area contributed by atoms with Gasteiger partial charge in [-0.1, -0.05) is 54.6 Å². The maximum Gasteiger partial charge on any atom is 0.197 e. The molecular formula is C26H16N2O2S. The van der Waals surface area contributed by atoms with Crippen LogP contribution in [0.25, 0.3) is 38.5 Å². The topological polar surface area (TPSA) is 52.0 Å². The molecule has 0 bridgehead atoms. The van der Waals surface area contributed by atoms with Gasteiger partial charge >= 0.3 is 0 Å². The number of carbonyl (C=O) groups is 2. The molecular weight excluding hydrogens is 404 g/mol. The van der Waals surface area contributed by atoms with Gasteiger partial charge < -0.3 is 4.57 Å². The maximum absolute atomic E-state index is 13.0. The van der Waals surface area contributed by atoms with Crippen LogP contribution in [-0.2, 0) is 7.05 Å². The summed E-state index contributed by atoms with van der Waals surface area (Å²) < 4.78 is 3.07. The molecule has 1 aliphatic rings. The van der Waals surface area contributed by atoms with Crippen LogP contribution in [0, 0.1) is 0 Å². The molecule has 5 heteroatoms. The highest BCUT2D eigenvalue weighted by Gasteiger charge is 2.33. The van der Waals surface area contributed by atoms with E-state index in [9.17, 15) is 9.59 Å². The van der Waals surface area contributed by atoms with Crippen LogP contribution in [0.3, 0.4) is 0 Å². The first-order valence-electron chi connectivity index (χ1n) is 9.96. The van der Waals surface area contributed by atoms with Crippen LogP contribution >= 0.6 is 11.3 Å². The first-order valence-corrected chi connectivity index (χ1v) is 10.8. The molecule has 0 unspecified atom stereocenters. The summed E-state index contributed by atoms with van der Waals surface area (Å²) in [5, 5.41) is 2.57. The number of rotatable bonds is 2. The van der Waals surface area contributed by atoms with E-state index in [4.69, 9.17) is 4.98 Å². The molecule has 0 radical (unpaired) electrons. The Morgan fingerprint density at radius 3 is 2.06 bits per heavy atom. The predicted octanol–water partition coefficient (Wildman–Crippen LogP) is 5.92. The Balaban J connectivity index is 1.42. The molecule has 6 rings (SSSR count). The number of aromatic nitrogens is 2. The second-order valence-corrected chi connectivity index (χ2v) is 8.72. The number of hydrogen-bond donors (Lipinski definition) is 0. The summed E-state index contributed by atoms with van der Waals surface area (Å²) in [5.41, 5.74) is 4.19. The van der Waals surface area contributed by atoms with Gasteiger partial charge in [0, 0.05) is 18.2 Å². The zero-order valence-corrected chi connectivity index (χ0v) is 17.4. The number of nitrogens with zero attached hydrogens (tertiary/aromatic N) is 2. The average molecular weight is 420 g/mol. The Labute approximate surface area is 182 Å². The van der Waals surface area contributed by atoms with Gasteiger partial charge in [0.2, 0.25) is 0 Å². The minimum absolute atomic E-state index is 0.188. The highest BCUT2D eigenvalue weighted by molar-refractivity contribution is 7.19. The van der Waals surface area contributed by atoms with E-state index >= 15 is 0 Å². The van der Waals surface area contributed by atoms with Crippen molar-refractivity contribution in [2.24, 2.45) is 7.05 Å². The molecule has 0 saturated heterocycles. The van der Waals surface area contributed by atoms with Crippen LogP contribution in [-0.4, -0.2) is 21.1 Å². The van der Waals surface area contributed by atoms with E-state index in [1.807, 2.05) is 66.2 Å². The fourth-order valence-electron chi connectivity index (χ4n) is 4.22. The number of allylic oxidation sites excluding steroid dienone is 1. The molecule has 148 valence electrons. The van der Waals surface area contributed by atoms with Crippen molar-refractivity contribution in [2.45, 2.75) is 0 Å². The maximum atomic E-state index is 13.0. The van der Waals surface area contributed by atoms with Crippen molar-refractivity contribution in [3.63, 3.8) is 0 Å². The number of thiazole rings is 1. The lowest BCUT2D eigenvalue weighted by molar-refractivity contribution is 0.0990. The third kappa shape index (κ3) is 2.71. The molecule has 3 aromatic carbocycles. The number of hydrogen-bond acceptors (Lipinski definition) is 4. The molecule has 4 nitrogen and oxygen atoms in total. The summed E-state index contributed by atoms with van der Waals surface area (Å²) in [6.07, 6.45) is 1.64. The first-order chi connectivity index (χ1) is 15.1. The summed E-state index contributed by atoms with van der Waals surface area (Å²) in [6, 6.07) is 23.6. The molecule has 2 heterocycles. The Morgan fingerprint density at radius 2 is 1.45 bits per heavy atom. The van der Waals surface area contributed by atoms with Crippen LogP contribution in [0.4, 0.5) is 0 Å². The molecule has 0 fully saturated rings. The first kappa shape index (κ1) is 18.0. The fourth-order valence-corrected chi connectivity index (χ4v) is 5.20. The highest BCUT2D eigenvalue weighted by Crippen LogP contribution is 2.35. The third-order valence-electron chi connectivity index (χ3n) is 5.80. The number of carbonyl (C=O) groups excluding carboxylic acids is 2. The van der Waals surface area contributed by atoms with Gasteiger partial charge in [-0.3, -0.25) is 9.59 Å². The molecule has 0 amide bonds. The van der Waals surface area contributed by atoms with E-state index < -0.39 is 0 Å². The van der Waals surface area contributed by atoms with Gasteiger partial charge in [0.05, 0.1) is 16.0 Å². The predicted molar refractivity (Wildman–Crippen MR) is 125 cm³/mol. The van der Waals surface area contributed by atoms with Gasteiger partial charge in [-0.15, -0.1) is 11.3 Å². The van der Waals surface area contributed by atoms with Crippen molar-refractivity contribution in [1.82, 2.24) is 9.55 Å². The Hall–Kier alpha value is -3.83. The quantitative estimate of drug-likeness (QED) is 0.263. The second kappa shape index (κ2) is 6.59. The number of Topliss-reactive ketones (excluding diaryl/α,β-unsaturated/α-hetero) is 2. The molecule has 5 aromatic rings. The van der Waals surface area contributed by atoms with Crippen LogP contribution < -0.4 is 0 Å². The van der Waals surface area contributed by atoms with E-state index in [1.165, 1.54) is 11.3 Å². The van der Waals surface area contributed by atoms with Crippen LogP contribution in [0.2, 0.25) is 0 Å². The SMILES string of the molecule is Cn1c(-c2ccccc2)cc2sc(C=C3C(=O)c4cc5ccccc5cc4C3=O)nc21. The smallest absolute Gasteiger partial charge is 0.197 e. The largest absolute Gasteiger partial charge is 0.328 e. The molecule has 31 heavy (non-hydrogen) atoms. The second-order valence-electron chi connectivity index (χ2n) is 7.66. The van der Waals surface area contributed by atoms with Crippen molar-refractivity contribution in [3.05, 3.63) is 94.5 Å². The molecule has 0 N–H and O–H groups in total. The van der Waals surface area contributed by atoms with Crippen LogP contribution in [0.15, 0.2) is 78.4 Å². The minimum atomic E-state index is -0.227. The molecule has 1 aliphatic carbocycles. The number of aryl methyl sites for hydroxylation is 1. The summed E-state index contributed by atoms with van der Waals surface area (Å²) in [7, 11) is 1.98. The Morgan fingerprint density at radius 1 is 0.839 bits per heavy atom. The monoisotopic (exact) mass is 420 g/mol. The minimum Gasteiger partial charge on any atom is -0.328 e. The van der Waals surface area contributed by atoms with E-state index in [0.717, 1.165) is 32.4 Å². The Bertz CT molecular complexity index is 1520. The number of fused-ring (bicyclic) bond motifs is 3. The summed E-state index contributed by atoms with van der Waals surface area (Å²) in [5.74, 6) is -0.454. The normalized spacial score (nSPS) is 13.4. The number of benzene rings is 3. The lowest BCUT2D eigenvalue weighted by Gasteiger charge is -2.02. The summed E-state index contributed by atoms with van der Waals surface area (Å²) >= 11 is 1.49. The molecule has 2 aromatic heterocycles.